The summed E-state index contributed by atoms with van der Waals surface area (Å²) in [4.78, 5) is 31.5. The molecule has 0 atom stereocenters. The van der Waals surface area contributed by atoms with E-state index in [2.05, 4.69) is 10.1 Å². The number of rotatable bonds is 2. The van der Waals surface area contributed by atoms with Gasteiger partial charge in [-0.2, -0.15) is 5.10 Å². The van der Waals surface area contributed by atoms with Gasteiger partial charge in [0.1, 0.15) is 5.82 Å². The number of amides is 2. The van der Waals surface area contributed by atoms with Gasteiger partial charge in [0.2, 0.25) is 0 Å². The molecule has 7 heteroatoms. The van der Waals surface area contributed by atoms with Gasteiger partial charge in [-0.15, -0.1) is 0 Å². The third-order valence-corrected chi connectivity index (χ3v) is 5.07. The van der Waals surface area contributed by atoms with Crippen LogP contribution < -0.4 is 4.90 Å². The molecule has 0 radical (unpaired) electrons. The van der Waals surface area contributed by atoms with Crippen LogP contribution in [0.15, 0.2) is 54.7 Å². The van der Waals surface area contributed by atoms with E-state index in [9.17, 15) is 14.0 Å². The van der Waals surface area contributed by atoms with Crippen LogP contribution in [0.1, 0.15) is 32.0 Å². The molecule has 0 spiro atoms. The molecule has 0 unspecified atom stereocenters. The number of para-hydroxylation sites is 1. The minimum Gasteiger partial charge on any atom is -0.268 e. The van der Waals surface area contributed by atoms with Crippen LogP contribution in [0.25, 0.3) is 16.7 Å². The second kappa shape index (κ2) is 6.07. The maximum atomic E-state index is 14.5. The van der Waals surface area contributed by atoms with Crippen LogP contribution in [0.3, 0.4) is 0 Å². The number of nitrogens with zero attached hydrogens (tertiary/aromatic N) is 4. The Balaban J connectivity index is 1.73. The SMILES string of the molecule is Cc1ccc(N2C(=O)c3cnc4c(c(C)nn4-c4ccccc4)c3C2=O)c(F)c1. The number of anilines is 1. The minimum absolute atomic E-state index is 0.0666. The van der Waals surface area contributed by atoms with Crippen molar-refractivity contribution in [3.05, 3.63) is 82.9 Å². The molecule has 1 aliphatic rings. The normalized spacial score (nSPS) is 13.4. The van der Waals surface area contributed by atoms with Crippen LogP contribution in [0.2, 0.25) is 0 Å². The van der Waals surface area contributed by atoms with Gasteiger partial charge in [0, 0.05) is 6.20 Å². The van der Waals surface area contributed by atoms with Crippen molar-refractivity contribution < 1.29 is 14.0 Å². The smallest absolute Gasteiger partial charge is 0.267 e. The quantitative estimate of drug-likeness (QED) is 0.489. The number of imide groups is 1. The van der Waals surface area contributed by atoms with Crippen molar-refractivity contribution in [2.45, 2.75) is 13.8 Å². The Morgan fingerprint density at radius 3 is 2.45 bits per heavy atom. The molecule has 6 nitrogen and oxygen atoms in total. The summed E-state index contributed by atoms with van der Waals surface area (Å²) in [6, 6.07) is 13.8. The summed E-state index contributed by atoms with van der Waals surface area (Å²) in [7, 11) is 0. The minimum atomic E-state index is -0.625. The Labute approximate surface area is 165 Å². The molecule has 5 rings (SSSR count). The van der Waals surface area contributed by atoms with Crippen molar-refractivity contribution >= 4 is 28.5 Å². The van der Waals surface area contributed by atoms with E-state index in [1.54, 1.807) is 24.6 Å². The number of hydrogen-bond donors (Lipinski definition) is 0. The highest BCUT2D eigenvalue weighted by Crippen LogP contribution is 2.35. The van der Waals surface area contributed by atoms with E-state index >= 15 is 0 Å². The standard InChI is InChI=1S/C22H15FN4O2/c1-12-8-9-17(16(23)10-12)26-21(28)15-11-24-20-18(19(15)22(26)29)13(2)25-27(20)14-6-4-3-5-7-14/h3-11H,1-2H3. The fraction of sp³-hybridized carbons (Fsp3) is 0.0909. The van der Waals surface area contributed by atoms with E-state index in [-0.39, 0.29) is 16.8 Å². The molecule has 2 amide bonds. The van der Waals surface area contributed by atoms with Crippen molar-refractivity contribution in [1.82, 2.24) is 14.8 Å². The first kappa shape index (κ1) is 17.2. The number of hydrogen-bond acceptors (Lipinski definition) is 4. The Morgan fingerprint density at radius 1 is 0.966 bits per heavy atom. The van der Waals surface area contributed by atoms with Crippen LogP contribution in [-0.4, -0.2) is 26.6 Å². The van der Waals surface area contributed by atoms with Crippen LogP contribution in [-0.2, 0) is 0 Å². The highest BCUT2D eigenvalue weighted by molar-refractivity contribution is 6.37. The highest BCUT2D eigenvalue weighted by atomic mass is 19.1. The number of pyridine rings is 1. The Hall–Kier alpha value is -3.87. The topological polar surface area (TPSA) is 68.1 Å². The van der Waals surface area contributed by atoms with Gasteiger partial charge in [0.15, 0.2) is 5.65 Å². The molecule has 0 saturated carbocycles. The largest absolute Gasteiger partial charge is 0.268 e. The lowest BCUT2D eigenvalue weighted by atomic mass is 10.1. The Bertz CT molecular complexity index is 1330. The first-order valence-electron chi connectivity index (χ1n) is 9.06. The van der Waals surface area contributed by atoms with Crippen molar-refractivity contribution in [3.8, 4) is 5.69 Å². The number of aromatic nitrogens is 3. The number of carbonyl (C=O) groups excluding carboxylic acids is 2. The van der Waals surface area contributed by atoms with Crippen molar-refractivity contribution in [2.75, 3.05) is 4.90 Å². The number of halogens is 1. The summed E-state index contributed by atoms with van der Waals surface area (Å²) in [6.45, 7) is 3.50. The van der Waals surface area contributed by atoms with Crippen molar-refractivity contribution in [3.63, 3.8) is 0 Å². The fourth-order valence-electron chi connectivity index (χ4n) is 3.72. The molecule has 0 saturated heterocycles. The average molecular weight is 386 g/mol. The van der Waals surface area contributed by atoms with Gasteiger partial charge in [-0.1, -0.05) is 24.3 Å². The Kier molecular flexibility index (Phi) is 3.61. The lowest BCUT2D eigenvalue weighted by Crippen LogP contribution is -2.30. The molecule has 0 fully saturated rings. The molecule has 1 aliphatic heterocycles. The fourth-order valence-corrected chi connectivity index (χ4v) is 3.72. The molecule has 0 bridgehead atoms. The van der Waals surface area contributed by atoms with Gasteiger partial charge in [-0.3, -0.25) is 9.59 Å². The zero-order valence-corrected chi connectivity index (χ0v) is 15.7. The summed E-state index contributed by atoms with van der Waals surface area (Å²) in [6.07, 6.45) is 1.37. The van der Waals surface area contributed by atoms with Crippen molar-refractivity contribution in [1.29, 1.82) is 0 Å². The lowest BCUT2D eigenvalue weighted by molar-refractivity contribution is 0.0925. The second-order valence-corrected chi connectivity index (χ2v) is 6.98. The summed E-state index contributed by atoms with van der Waals surface area (Å²) in [5.41, 5.74) is 2.82. The van der Waals surface area contributed by atoms with E-state index in [4.69, 9.17) is 0 Å². The van der Waals surface area contributed by atoms with Crippen LogP contribution in [0.4, 0.5) is 10.1 Å². The van der Waals surface area contributed by atoms with E-state index in [1.165, 1.54) is 18.3 Å². The molecule has 0 N–H and O–H groups in total. The van der Waals surface area contributed by atoms with E-state index in [0.717, 1.165) is 10.6 Å². The molecule has 142 valence electrons. The number of fused-ring (bicyclic) bond motifs is 3. The molecule has 3 heterocycles. The van der Waals surface area contributed by atoms with Gasteiger partial charge < -0.3 is 0 Å². The third kappa shape index (κ3) is 2.40. The monoisotopic (exact) mass is 386 g/mol. The summed E-state index contributed by atoms with van der Waals surface area (Å²) < 4.78 is 16.1. The van der Waals surface area contributed by atoms with Gasteiger partial charge in [0.25, 0.3) is 11.8 Å². The number of aryl methyl sites for hydroxylation is 2. The third-order valence-electron chi connectivity index (χ3n) is 5.07. The number of benzene rings is 2. The Morgan fingerprint density at radius 2 is 1.72 bits per heavy atom. The zero-order chi connectivity index (χ0) is 20.3. The molecule has 2 aromatic heterocycles. The highest BCUT2D eigenvalue weighted by Gasteiger charge is 2.41. The first-order valence-corrected chi connectivity index (χ1v) is 9.06. The molecule has 0 aliphatic carbocycles. The lowest BCUT2D eigenvalue weighted by Gasteiger charge is -2.15. The summed E-state index contributed by atoms with van der Waals surface area (Å²) in [5, 5.41) is 5.02. The first-order chi connectivity index (χ1) is 14.0. The van der Waals surface area contributed by atoms with Gasteiger partial charge >= 0.3 is 0 Å². The predicted molar refractivity (Wildman–Crippen MR) is 106 cm³/mol. The van der Waals surface area contributed by atoms with E-state index in [1.807, 2.05) is 30.3 Å². The molecule has 4 aromatic rings. The average Bonchev–Trinajstić information content (AvgIpc) is 3.18. The van der Waals surface area contributed by atoms with Gasteiger partial charge in [-0.05, 0) is 43.7 Å². The summed E-state index contributed by atoms with van der Waals surface area (Å²) in [5.74, 6) is -1.79. The van der Waals surface area contributed by atoms with Crippen molar-refractivity contribution in [2.24, 2.45) is 0 Å². The number of carbonyl (C=O) groups is 2. The van der Waals surface area contributed by atoms with Gasteiger partial charge in [-0.25, -0.2) is 19.0 Å². The van der Waals surface area contributed by atoms with Gasteiger partial charge in [0.05, 0.1) is 33.6 Å². The molecular formula is C22H15FN4O2. The second-order valence-electron chi connectivity index (χ2n) is 6.98. The van der Waals surface area contributed by atoms with E-state index < -0.39 is 17.6 Å². The van der Waals surface area contributed by atoms with E-state index in [0.29, 0.717) is 22.3 Å². The zero-order valence-electron chi connectivity index (χ0n) is 15.7. The predicted octanol–water partition coefficient (Wildman–Crippen LogP) is 3.98. The molecule has 2 aromatic carbocycles. The summed E-state index contributed by atoms with van der Waals surface area (Å²) >= 11 is 0. The maximum Gasteiger partial charge on any atom is 0.267 e. The van der Waals surface area contributed by atoms with Crippen LogP contribution >= 0.6 is 0 Å². The van der Waals surface area contributed by atoms with Crippen LogP contribution in [0, 0.1) is 19.7 Å². The van der Waals surface area contributed by atoms with Crippen LogP contribution in [0.5, 0.6) is 0 Å². The molecular weight excluding hydrogens is 371 g/mol. The molecule has 29 heavy (non-hydrogen) atoms. The maximum absolute atomic E-state index is 14.5.